The van der Waals surface area contributed by atoms with Gasteiger partial charge in [-0.2, -0.15) is 0 Å². The SMILES string of the molecule is CO.COPCCC(O)CCCN(C=O)OCc1ccccc1. The number of aliphatic hydroxyl groups is 2. The van der Waals surface area contributed by atoms with Crippen molar-refractivity contribution in [1.82, 2.24) is 5.06 Å². The molecule has 1 amide bonds. The number of hydrogen-bond donors (Lipinski definition) is 2. The van der Waals surface area contributed by atoms with E-state index in [2.05, 4.69) is 0 Å². The van der Waals surface area contributed by atoms with Crippen molar-refractivity contribution in [1.29, 1.82) is 0 Å². The van der Waals surface area contributed by atoms with E-state index in [1.54, 1.807) is 7.11 Å². The predicted molar refractivity (Wildman–Crippen MR) is 92.2 cm³/mol. The van der Waals surface area contributed by atoms with E-state index in [1.165, 1.54) is 5.06 Å². The van der Waals surface area contributed by atoms with Crippen molar-refractivity contribution in [3.63, 3.8) is 0 Å². The summed E-state index contributed by atoms with van der Waals surface area (Å²) in [6.07, 6.45) is 3.33. The van der Waals surface area contributed by atoms with E-state index < -0.39 is 0 Å². The Hall–Kier alpha value is -1.04. The average molecular weight is 345 g/mol. The lowest BCUT2D eigenvalue weighted by atomic mass is 10.1. The van der Waals surface area contributed by atoms with Crippen LogP contribution in [0.3, 0.4) is 0 Å². The van der Waals surface area contributed by atoms with E-state index in [1.807, 2.05) is 30.3 Å². The molecule has 0 aromatic heterocycles. The zero-order valence-electron chi connectivity index (χ0n) is 13.9. The first-order chi connectivity index (χ1) is 11.3. The van der Waals surface area contributed by atoms with E-state index in [0.717, 1.165) is 25.3 Å². The van der Waals surface area contributed by atoms with Crippen LogP contribution in [0.25, 0.3) is 0 Å². The first kappa shape index (κ1) is 22.0. The van der Waals surface area contributed by atoms with Crippen LogP contribution in [0, 0.1) is 0 Å². The summed E-state index contributed by atoms with van der Waals surface area (Å²) in [5, 5.41) is 18.1. The third kappa shape index (κ3) is 12.1. The van der Waals surface area contributed by atoms with Gasteiger partial charge in [-0.3, -0.25) is 9.63 Å². The number of nitrogens with zero attached hydrogens (tertiary/aromatic N) is 1. The molecule has 23 heavy (non-hydrogen) atoms. The fraction of sp³-hybridized carbons (Fsp3) is 0.562. The molecule has 0 bridgehead atoms. The van der Waals surface area contributed by atoms with Crippen LogP contribution in [0.4, 0.5) is 0 Å². The summed E-state index contributed by atoms with van der Waals surface area (Å²) in [6.45, 7) is 0.858. The molecule has 0 aliphatic heterocycles. The molecule has 1 aromatic rings. The van der Waals surface area contributed by atoms with Crippen molar-refractivity contribution in [3.05, 3.63) is 35.9 Å². The number of carbonyl (C=O) groups excluding carboxylic acids is 1. The molecule has 0 radical (unpaired) electrons. The molecule has 2 unspecified atom stereocenters. The lowest BCUT2D eigenvalue weighted by molar-refractivity contribution is -0.177. The summed E-state index contributed by atoms with van der Waals surface area (Å²) in [5.41, 5.74) is 1.02. The molecule has 0 saturated carbocycles. The summed E-state index contributed by atoms with van der Waals surface area (Å²) >= 11 is 0. The van der Waals surface area contributed by atoms with E-state index in [4.69, 9.17) is 14.5 Å². The van der Waals surface area contributed by atoms with Crippen molar-refractivity contribution >= 4 is 15.2 Å². The van der Waals surface area contributed by atoms with Crippen molar-refractivity contribution < 1.29 is 24.4 Å². The fourth-order valence-corrected chi connectivity index (χ4v) is 2.49. The molecular formula is C16H28NO5P. The molecule has 1 rings (SSSR count). The Balaban J connectivity index is 0.00000232. The molecule has 0 spiro atoms. The zero-order valence-corrected chi connectivity index (χ0v) is 14.9. The van der Waals surface area contributed by atoms with Crippen molar-refractivity contribution in [3.8, 4) is 0 Å². The Bertz CT molecular complexity index is 380. The van der Waals surface area contributed by atoms with Gasteiger partial charge in [0.1, 0.15) is 6.61 Å². The molecule has 0 aliphatic rings. The Morgan fingerprint density at radius 1 is 1.26 bits per heavy atom. The molecule has 132 valence electrons. The Morgan fingerprint density at radius 2 is 1.96 bits per heavy atom. The Kier molecular flexibility index (Phi) is 15.1. The number of hydroxylamine groups is 2. The van der Waals surface area contributed by atoms with E-state index in [0.29, 0.717) is 41.2 Å². The van der Waals surface area contributed by atoms with Crippen LogP contribution < -0.4 is 0 Å². The molecule has 1 aromatic carbocycles. The fourth-order valence-electron chi connectivity index (χ4n) is 1.83. The standard InChI is InChI=1S/C15H24NO4P.CH4O/c1-19-21-11-9-15(18)8-5-10-16(13-17)20-12-14-6-3-2-4-7-14;1-2/h2-4,6-7,13,15,18,21H,5,8-12H2,1H3;2H,1H3. The highest BCUT2D eigenvalue weighted by Crippen LogP contribution is 2.14. The van der Waals surface area contributed by atoms with Crippen LogP contribution >= 0.6 is 8.81 Å². The minimum atomic E-state index is -0.338. The van der Waals surface area contributed by atoms with Gasteiger partial charge in [-0.05, 0) is 31.0 Å². The summed E-state index contributed by atoms with van der Waals surface area (Å²) < 4.78 is 4.97. The van der Waals surface area contributed by atoms with Crippen LogP contribution in [0.5, 0.6) is 0 Å². The molecule has 0 heterocycles. The molecule has 0 saturated heterocycles. The maximum Gasteiger partial charge on any atom is 0.233 e. The van der Waals surface area contributed by atoms with Crippen LogP contribution in [0.1, 0.15) is 24.8 Å². The van der Waals surface area contributed by atoms with Crippen LogP contribution in [0.15, 0.2) is 30.3 Å². The Labute approximate surface area is 140 Å². The lowest BCUT2D eigenvalue weighted by Gasteiger charge is -2.18. The number of aliphatic hydroxyl groups excluding tert-OH is 2. The summed E-state index contributed by atoms with van der Waals surface area (Å²) in [5.74, 6) is 0. The van der Waals surface area contributed by atoms with Gasteiger partial charge >= 0.3 is 0 Å². The van der Waals surface area contributed by atoms with Crippen molar-refractivity contribution in [2.24, 2.45) is 0 Å². The lowest BCUT2D eigenvalue weighted by Crippen LogP contribution is -2.24. The van der Waals surface area contributed by atoms with Gasteiger partial charge in [0.2, 0.25) is 6.41 Å². The van der Waals surface area contributed by atoms with Gasteiger partial charge in [-0.15, -0.1) is 0 Å². The second-order valence-electron chi connectivity index (χ2n) is 4.69. The van der Waals surface area contributed by atoms with Gasteiger partial charge in [0.25, 0.3) is 0 Å². The maximum atomic E-state index is 10.9. The topological polar surface area (TPSA) is 79.2 Å². The molecule has 7 heteroatoms. The van der Waals surface area contributed by atoms with Gasteiger partial charge in [-0.1, -0.05) is 30.3 Å². The van der Waals surface area contributed by atoms with E-state index in [9.17, 15) is 9.90 Å². The number of rotatable bonds is 12. The third-order valence-corrected chi connectivity index (χ3v) is 3.78. The number of benzene rings is 1. The van der Waals surface area contributed by atoms with Crippen molar-refractivity contribution in [2.75, 3.05) is 26.9 Å². The minimum Gasteiger partial charge on any atom is -0.400 e. The summed E-state index contributed by atoms with van der Waals surface area (Å²) in [7, 11) is 3.10. The smallest absolute Gasteiger partial charge is 0.233 e. The summed E-state index contributed by atoms with van der Waals surface area (Å²) in [4.78, 5) is 16.4. The average Bonchev–Trinajstić information content (AvgIpc) is 2.61. The minimum absolute atomic E-state index is 0.338. The maximum absolute atomic E-state index is 10.9. The predicted octanol–water partition coefficient (Wildman–Crippen LogP) is 1.96. The van der Waals surface area contributed by atoms with Gasteiger partial charge in [0.05, 0.1) is 6.10 Å². The first-order valence-corrected chi connectivity index (χ1v) is 8.65. The van der Waals surface area contributed by atoms with Gasteiger partial charge < -0.3 is 14.7 Å². The molecule has 2 atom stereocenters. The number of hydrogen-bond acceptors (Lipinski definition) is 5. The highest BCUT2D eigenvalue weighted by Gasteiger charge is 2.07. The second-order valence-corrected chi connectivity index (χ2v) is 5.89. The molecule has 6 nitrogen and oxygen atoms in total. The van der Waals surface area contributed by atoms with Gasteiger partial charge in [0.15, 0.2) is 0 Å². The van der Waals surface area contributed by atoms with Gasteiger partial charge in [0, 0.05) is 29.6 Å². The quantitative estimate of drug-likeness (QED) is 0.262. The largest absolute Gasteiger partial charge is 0.400 e. The Morgan fingerprint density at radius 3 is 2.57 bits per heavy atom. The zero-order chi connectivity index (χ0) is 17.3. The third-order valence-electron chi connectivity index (χ3n) is 3.00. The van der Waals surface area contributed by atoms with Crippen LogP contribution in [-0.2, 0) is 20.8 Å². The van der Waals surface area contributed by atoms with Gasteiger partial charge in [-0.25, -0.2) is 5.06 Å². The molecule has 0 aliphatic carbocycles. The second kappa shape index (κ2) is 15.8. The van der Waals surface area contributed by atoms with Crippen LogP contribution in [-0.4, -0.2) is 54.7 Å². The molecule has 0 fully saturated rings. The number of carbonyl (C=O) groups is 1. The monoisotopic (exact) mass is 345 g/mol. The normalized spacial score (nSPS) is 11.8. The highest BCUT2D eigenvalue weighted by molar-refractivity contribution is 7.32. The highest BCUT2D eigenvalue weighted by atomic mass is 31.1. The van der Waals surface area contributed by atoms with E-state index in [-0.39, 0.29) is 6.10 Å². The van der Waals surface area contributed by atoms with Crippen LogP contribution in [0.2, 0.25) is 0 Å². The molecular weight excluding hydrogens is 317 g/mol. The summed E-state index contributed by atoms with van der Waals surface area (Å²) in [6, 6.07) is 9.70. The van der Waals surface area contributed by atoms with Crippen molar-refractivity contribution in [2.45, 2.75) is 32.0 Å². The van der Waals surface area contributed by atoms with E-state index >= 15 is 0 Å². The first-order valence-electron chi connectivity index (χ1n) is 7.53. The molecule has 2 N–H and O–H groups in total. The number of amides is 1.